The number of rotatable bonds is 5. The molecule has 0 spiro atoms. The van der Waals surface area contributed by atoms with Crippen molar-refractivity contribution in [2.24, 2.45) is 0 Å². The zero-order chi connectivity index (χ0) is 17.2. The molecule has 0 atom stereocenters. The molecule has 0 aliphatic heterocycles. The third-order valence-corrected chi connectivity index (χ3v) is 4.27. The summed E-state index contributed by atoms with van der Waals surface area (Å²) in [4.78, 5) is 19.9. The van der Waals surface area contributed by atoms with Gasteiger partial charge >= 0.3 is 5.97 Å². The van der Waals surface area contributed by atoms with Gasteiger partial charge in [0.25, 0.3) is 0 Å². The number of benzene rings is 1. The lowest BCUT2D eigenvalue weighted by molar-refractivity contribution is 0.0687. The van der Waals surface area contributed by atoms with E-state index in [9.17, 15) is 9.90 Å². The van der Waals surface area contributed by atoms with Gasteiger partial charge in [-0.05, 0) is 42.2 Å². The first-order valence-electron chi connectivity index (χ1n) is 7.98. The second-order valence-electron chi connectivity index (χ2n) is 5.80. The van der Waals surface area contributed by atoms with Crippen molar-refractivity contribution in [3.63, 3.8) is 0 Å². The van der Waals surface area contributed by atoms with Gasteiger partial charge in [0, 0.05) is 30.5 Å². The lowest BCUT2D eigenvalue weighted by Crippen LogP contribution is -2.10. The van der Waals surface area contributed by atoms with Crippen LogP contribution in [0.25, 0.3) is 11.3 Å². The van der Waals surface area contributed by atoms with Crippen molar-refractivity contribution in [2.45, 2.75) is 12.8 Å². The van der Waals surface area contributed by atoms with E-state index in [1.54, 1.807) is 29.3 Å². The Labute approximate surface area is 144 Å². The van der Waals surface area contributed by atoms with Gasteiger partial charge in [-0.1, -0.05) is 18.2 Å². The van der Waals surface area contributed by atoms with Crippen molar-refractivity contribution in [2.75, 3.05) is 0 Å². The zero-order valence-corrected chi connectivity index (χ0v) is 13.4. The van der Waals surface area contributed by atoms with E-state index in [4.69, 9.17) is 0 Å². The highest BCUT2D eigenvalue weighted by Gasteiger charge is 2.14. The molecule has 0 radical (unpaired) electrons. The number of imidazole rings is 2. The minimum atomic E-state index is -0.936. The molecule has 0 saturated heterocycles. The van der Waals surface area contributed by atoms with Gasteiger partial charge in [0.15, 0.2) is 0 Å². The lowest BCUT2D eigenvalue weighted by Gasteiger charge is -2.09. The normalized spacial score (nSPS) is 11.0. The van der Waals surface area contributed by atoms with Gasteiger partial charge in [0.1, 0.15) is 11.3 Å². The minimum Gasteiger partial charge on any atom is -0.477 e. The molecule has 0 amide bonds. The fraction of sp³-hybridized carbons (Fsp3) is 0.105. The Morgan fingerprint density at radius 2 is 1.84 bits per heavy atom. The van der Waals surface area contributed by atoms with Gasteiger partial charge in [-0.15, -0.1) is 0 Å². The number of carboxylic acid groups (broad SMARTS) is 1. The summed E-state index contributed by atoms with van der Waals surface area (Å²) in [5, 5.41) is 9.56. The first-order valence-corrected chi connectivity index (χ1v) is 7.98. The van der Waals surface area contributed by atoms with E-state index in [0.29, 0.717) is 12.1 Å². The molecule has 0 unspecified atom stereocenters. The maximum Gasteiger partial charge on any atom is 0.353 e. The molecule has 6 heteroatoms. The van der Waals surface area contributed by atoms with Crippen molar-refractivity contribution in [3.05, 3.63) is 84.3 Å². The number of carboxylic acids is 1. The van der Waals surface area contributed by atoms with Crippen LogP contribution >= 0.6 is 0 Å². The zero-order valence-electron chi connectivity index (χ0n) is 13.4. The summed E-state index contributed by atoms with van der Waals surface area (Å²) >= 11 is 0. The fourth-order valence-corrected chi connectivity index (χ4v) is 3.00. The third-order valence-electron chi connectivity index (χ3n) is 4.27. The number of nitrogens with zero attached hydrogens (tertiary/aromatic N) is 4. The van der Waals surface area contributed by atoms with Crippen LogP contribution in [-0.4, -0.2) is 30.0 Å². The van der Waals surface area contributed by atoms with Crippen molar-refractivity contribution in [1.82, 2.24) is 18.9 Å². The topological polar surface area (TPSA) is 72.4 Å². The Bertz CT molecular complexity index is 1020. The van der Waals surface area contributed by atoms with Crippen LogP contribution in [-0.2, 0) is 12.8 Å². The highest BCUT2D eigenvalue weighted by atomic mass is 16.4. The van der Waals surface area contributed by atoms with Crippen LogP contribution < -0.4 is 0 Å². The molecule has 3 heterocycles. The highest BCUT2D eigenvalue weighted by Crippen LogP contribution is 2.17. The first kappa shape index (κ1) is 15.1. The standard InChI is InChI=1S/C19H16N4O2/c24-19(25)18-15(5-8-17-21-10-12-23(17)18)4-1-14-2-6-16(7-3-14)22-11-9-20-13-22/h2-3,5-13H,1,4H2,(H,24,25). The molecule has 3 aromatic heterocycles. The Hall–Kier alpha value is -3.41. The molecular weight excluding hydrogens is 316 g/mol. The Kier molecular flexibility index (Phi) is 3.78. The predicted octanol–water partition coefficient (Wildman–Crippen LogP) is 3.00. The van der Waals surface area contributed by atoms with Crippen LogP contribution in [0.1, 0.15) is 21.6 Å². The number of pyridine rings is 1. The molecule has 0 aliphatic carbocycles. The van der Waals surface area contributed by atoms with E-state index < -0.39 is 5.97 Å². The van der Waals surface area contributed by atoms with E-state index >= 15 is 0 Å². The Morgan fingerprint density at radius 1 is 1.00 bits per heavy atom. The molecule has 0 aliphatic rings. The molecule has 0 fully saturated rings. The van der Waals surface area contributed by atoms with E-state index in [2.05, 4.69) is 22.1 Å². The SMILES string of the molecule is O=C(O)c1c(CCc2ccc(-n3ccnc3)cc2)ccc2nccn12. The fourth-order valence-electron chi connectivity index (χ4n) is 3.00. The summed E-state index contributed by atoms with van der Waals surface area (Å²) in [7, 11) is 0. The average Bonchev–Trinajstić information content (AvgIpc) is 3.31. The van der Waals surface area contributed by atoms with Crippen molar-refractivity contribution in [1.29, 1.82) is 0 Å². The highest BCUT2D eigenvalue weighted by molar-refractivity contribution is 5.88. The summed E-state index contributed by atoms with van der Waals surface area (Å²) in [5.74, 6) is -0.936. The Morgan fingerprint density at radius 3 is 2.56 bits per heavy atom. The predicted molar refractivity (Wildman–Crippen MR) is 93.1 cm³/mol. The molecule has 1 aromatic carbocycles. The molecule has 124 valence electrons. The van der Waals surface area contributed by atoms with Crippen LogP contribution in [0.2, 0.25) is 0 Å². The molecule has 0 saturated carbocycles. The lowest BCUT2D eigenvalue weighted by atomic mass is 10.0. The molecule has 25 heavy (non-hydrogen) atoms. The van der Waals surface area contributed by atoms with E-state index in [1.807, 2.05) is 35.0 Å². The molecule has 4 aromatic rings. The molecule has 6 nitrogen and oxygen atoms in total. The summed E-state index contributed by atoms with van der Waals surface area (Å²) in [5.41, 5.74) is 3.94. The molecular formula is C19H16N4O2. The van der Waals surface area contributed by atoms with Crippen LogP contribution in [0, 0.1) is 0 Å². The number of aromatic carboxylic acids is 1. The smallest absolute Gasteiger partial charge is 0.353 e. The summed E-state index contributed by atoms with van der Waals surface area (Å²) in [6.07, 6.45) is 10.1. The van der Waals surface area contributed by atoms with Crippen LogP contribution in [0.3, 0.4) is 0 Å². The minimum absolute atomic E-state index is 0.282. The van der Waals surface area contributed by atoms with E-state index in [-0.39, 0.29) is 5.69 Å². The third kappa shape index (κ3) is 2.89. The maximum atomic E-state index is 11.7. The summed E-state index contributed by atoms with van der Waals surface area (Å²) < 4.78 is 3.57. The number of carbonyl (C=O) groups is 1. The number of aryl methyl sites for hydroxylation is 2. The Balaban J connectivity index is 1.56. The van der Waals surface area contributed by atoms with Gasteiger partial charge in [-0.3, -0.25) is 4.40 Å². The summed E-state index contributed by atoms with van der Waals surface area (Å²) in [6.45, 7) is 0. The number of fused-ring (bicyclic) bond motifs is 1. The maximum absolute atomic E-state index is 11.7. The molecule has 4 rings (SSSR count). The van der Waals surface area contributed by atoms with Crippen molar-refractivity contribution in [3.8, 4) is 5.69 Å². The number of hydrogen-bond acceptors (Lipinski definition) is 3. The van der Waals surface area contributed by atoms with Gasteiger partial charge < -0.3 is 9.67 Å². The first-order chi connectivity index (χ1) is 12.2. The summed E-state index contributed by atoms with van der Waals surface area (Å²) in [6, 6.07) is 11.9. The van der Waals surface area contributed by atoms with Crippen LogP contribution in [0.15, 0.2) is 67.5 Å². The monoisotopic (exact) mass is 332 g/mol. The van der Waals surface area contributed by atoms with Gasteiger partial charge in [-0.25, -0.2) is 14.8 Å². The van der Waals surface area contributed by atoms with Crippen LogP contribution in [0.4, 0.5) is 0 Å². The van der Waals surface area contributed by atoms with Gasteiger partial charge in [0.2, 0.25) is 0 Å². The largest absolute Gasteiger partial charge is 0.477 e. The molecule has 1 N–H and O–H groups in total. The van der Waals surface area contributed by atoms with Crippen LogP contribution in [0.5, 0.6) is 0 Å². The van der Waals surface area contributed by atoms with Crippen molar-refractivity contribution >= 4 is 11.6 Å². The van der Waals surface area contributed by atoms with E-state index in [1.165, 1.54) is 0 Å². The number of hydrogen-bond donors (Lipinski definition) is 1. The van der Waals surface area contributed by atoms with Gasteiger partial charge in [0.05, 0.1) is 6.33 Å². The van der Waals surface area contributed by atoms with Crippen molar-refractivity contribution < 1.29 is 9.90 Å². The van der Waals surface area contributed by atoms with Gasteiger partial charge in [-0.2, -0.15) is 0 Å². The number of aromatic nitrogens is 4. The quantitative estimate of drug-likeness (QED) is 0.610. The second-order valence-corrected chi connectivity index (χ2v) is 5.80. The second kappa shape index (κ2) is 6.24. The van der Waals surface area contributed by atoms with E-state index in [0.717, 1.165) is 23.2 Å². The average molecular weight is 332 g/mol. The molecule has 0 bridgehead atoms.